The van der Waals surface area contributed by atoms with Gasteiger partial charge in [0.15, 0.2) is 0 Å². The summed E-state index contributed by atoms with van der Waals surface area (Å²) in [6, 6.07) is 73.9. The Morgan fingerprint density at radius 1 is 0.364 bits per heavy atom. The van der Waals surface area contributed by atoms with E-state index in [4.69, 9.17) is 4.42 Å². The minimum Gasteiger partial charge on any atom is -0.455 e. The maximum atomic E-state index is 6.40. The molecule has 0 unspecified atom stereocenters. The van der Waals surface area contributed by atoms with E-state index < -0.39 is 0 Å². The zero-order valence-corrected chi connectivity index (χ0v) is 29.9. The van der Waals surface area contributed by atoms with Crippen LogP contribution in [0.1, 0.15) is 0 Å². The molecule has 2 heterocycles. The molecule has 11 rings (SSSR count). The second-order valence-electron chi connectivity index (χ2n) is 14.2. The second-order valence-corrected chi connectivity index (χ2v) is 14.2. The van der Waals surface area contributed by atoms with Crippen LogP contribution in [0.4, 0.5) is 17.1 Å². The normalized spacial score (nSPS) is 11.6. The maximum absolute atomic E-state index is 6.40. The molecule has 3 nitrogen and oxygen atoms in total. The van der Waals surface area contributed by atoms with Crippen molar-refractivity contribution in [2.24, 2.45) is 0 Å². The first-order valence-corrected chi connectivity index (χ1v) is 18.8. The average Bonchev–Trinajstić information content (AvgIpc) is 3.81. The van der Waals surface area contributed by atoms with Crippen molar-refractivity contribution in [2.45, 2.75) is 0 Å². The fourth-order valence-electron chi connectivity index (χ4n) is 8.36. The van der Waals surface area contributed by atoms with Gasteiger partial charge in [-0.05, 0) is 94.2 Å². The van der Waals surface area contributed by atoms with Crippen LogP contribution in [0.5, 0.6) is 0 Å². The topological polar surface area (TPSA) is 21.3 Å². The monoisotopic (exact) mass is 702 g/mol. The number of hydrogen-bond acceptors (Lipinski definition) is 2. The third kappa shape index (κ3) is 5.20. The Labute approximate surface area is 318 Å². The standard InChI is InChI=1S/C52H34N2O/c1-2-12-38-34-43(32-25-35(38)11-1)53(41-30-26-37(27-31-41)44-18-10-19-48-47-17-5-8-22-51(47)55-52(44)48)40-28-23-36(24-29-40)39-13-9-14-42(33-39)54-49-20-6-3-15-45(49)46-16-4-7-21-50(46)54/h1-34H. The smallest absolute Gasteiger partial charge is 0.143 e. The number of aromatic nitrogens is 1. The van der Waals surface area contributed by atoms with E-state index in [1.165, 1.54) is 43.7 Å². The van der Waals surface area contributed by atoms with Crippen LogP contribution in [0.25, 0.3) is 82.5 Å². The highest BCUT2D eigenvalue weighted by atomic mass is 16.3. The summed E-state index contributed by atoms with van der Waals surface area (Å²) in [6.07, 6.45) is 0. The van der Waals surface area contributed by atoms with Gasteiger partial charge in [-0.2, -0.15) is 0 Å². The molecule has 3 heteroatoms. The lowest BCUT2D eigenvalue weighted by Crippen LogP contribution is -2.09. The Morgan fingerprint density at radius 3 is 1.69 bits per heavy atom. The quantitative estimate of drug-likeness (QED) is 0.172. The first-order valence-electron chi connectivity index (χ1n) is 18.8. The Hall–Kier alpha value is -7.36. The molecule has 258 valence electrons. The number of rotatable bonds is 6. The highest BCUT2D eigenvalue weighted by Crippen LogP contribution is 2.41. The fraction of sp³-hybridized carbons (Fsp3) is 0. The van der Waals surface area contributed by atoms with Crippen molar-refractivity contribution in [2.75, 3.05) is 4.90 Å². The van der Waals surface area contributed by atoms with E-state index in [1.54, 1.807) is 0 Å². The van der Waals surface area contributed by atoms with Crippen LogP contribution in [0.2, 0.25) is 0 Å². The third-order valence-electron chi connectivity index (χ3n) is 11.0. The van der Waals surface area contributed by atoms with E-state index in [0.717, 1.165) is 55.8 Å². The molecule has 2 aromatic heterocycles. The minimum absolute atomic E-state index is 0.908. The lowest BCUT2D eigenvalue weighted by Gasteiger charge is -2.26. The number of furan rings is 1. The van der Waals surface area contributed by atoms with E-state index in [9.17, 15) is 0 Å². The molecule has 9 aromatic carbocycles. The first kappa shape index (κ1) is 31.2. The highest BCUT2D eigenvalue weighted by molar-refractivity contribution is 6.10. The maximum Gasteiger partial charge on any atom is 0.143 e. The van der Waals surface area contributed by atoms with Gasteiger partial charge in [0.05, 0.1) is 11.0 Å². The summed E-state index contributed by atoms with van der Waals surface area (Å²) in [6.45, 7) is 0. The Morgan fingerprint density at radius 2 is 0.945 bits per heavy atom. The molecule has 0 radical (unpaired) electrons. The van der Waals surface area contributed by atoms with E-state index in [2.05, 4.69) is 204 Å². The summed E-state index contributed by atoms with van der Waals surface area (Å²) in [4.78, 5) is 2.34. The summed E-state index contributed by atoms with van der Waals surface area (Å²) in [5, 5.41) is 7.23. The van der Waals surface area contributed by atoms with Gasteiger partial charge in [-0.25, -0.2) is 0 Å². The Bertz CT molecular complexity index is 3150. The third-order valence-corrected chi connectivity index (χ3v) is 11.0. The molecule has 11 aromatic rings. The number of fused-ring (bicyclic) bond motifs is 7. The van der Waals surface area contributed by atoms with E-state index in [0.29, 0.717) is 0 Å². The molecular formula is C52H34N2O. The van der Waals surface area contributed by atoms with E-state index >= 15 is 0 Å². The number of nitrogens with zero attached hydrogens (tertiary/aromatic N) is 2. The van der Waals surface area contributed by atoms with E-state index in [1.807, 2.05) is 12.1 Å². The van der Waals surface area contributed by atoms with Crippen LogP contribution in [0.15, 0.2) is 211 Å². The number of benzene rings is 9. The molecule has 0 spiro atoms. The summed E-state index contributed by atoms with van der Waals surface area (Å²) < 4.78 is 8.77. The lowest BCUT2D eigenvalue weighted by atomic mass is 10.0. The van der Waals surface area contributed by atoms with Crippen molar-refractivity contribution in [1.82, 2.24) is 4.57 Å². The van der Waals surface area contributed by atoms with Gasteiger partial charge in [-0.3, -0.25) is 0 Å². The van der Waals surface area contributed by atoms with Crippen LogP contribution in [0.3, 0.4) is 0 Å². The van der Waals surface area contributed by atoms with Gasteiger partial charge in [-0.15, -0.1) is 0 Å². The van der Waals surface area contributed by atoms with Gasteiger partial charge in [0.2, 0.25) is 0 Å². The Kier molecular flexibility index (Phi) is 7.17. The molecule has 0 bridgehead atoms. The molecule has 0 atom stereocenters. The summed E-state index contributed by atoms with van der Waals surface area (Å²) in [7, 11) is 0. The summed E-state index contributed by atoms with van der Waals surface area (Å²) in [5.41, 5.74) is 13.2. The van der Waals surface area contributed by atoms with Gasteiger partial charge in [0, 0.05) is 49.9 Å². The van der Waals surface area contributed by atoms with Crippen LogP contribution in [-0.2, 0) is 0 Å². The molecule has 0 aliphatic rings. The average molecular weight is 703 g/mol. The summed E-state index contributed by atoms with van der Waals surface area (Å²) >= 11 is 0. The van der Waals surface area contributed by atoms with Crippen molar-refractivity contribution in [1.29, 1.82) is 0 Å². The largest absolute Gasteiger partial charge is 0.455 e. The second kappa shape index (κ2) is 12.6. The number of anilines is 3. The Balaban J connectivity index is 0.987. The predicted molar refractivity (Wildman–Crippen MR) is 231 cm³/mol. The molecule has 0 saturated heterocycles. The SMILES string of the molecule is c1cc(-c2ccc(N(c3ccc(-c4cccc5c4oc4ccccc45)cc3)c3ccc4ccccc4c3)cc2)cc(-n2c3ccccc3c3ccccc32)c1. The van der Waals surface area contributed by atoms with Crippen molar-refractivity contribution >= 4 is 71.6 Å². The molecule has 0 saturated carbocycles. The molecule has 0 amide bonds. The van der Waals surface area contributed by atoms with Gasteiger partial charge in [0.25, 0.3) is 0 Å². The molecule has 0 N–H and O–H groups in total. The number of para-hydroxylation sites is 4. The summed E-state index contributed by atoms with van der Waals surface area (Å²) in [5.74, 6) is 0. The molecule has 55 heavy (non-hydrogen) atoms. The number of hydrogen-bond donors (Lipinski definition) is 0. The molecule has 0 aliphatic heterocycles. The fourth-order valence-corrected chi connectivity index (χ4v) is 8.36. The zero-order valence-electron chi connectivity index (χ0n) is 29.9. The highest BCUT2D eigenvalue weighted by Gasteiger charge is 2.17. The van der Waals surface area contributed by atoms with Gasteiger partial charge >= 0.3 is 0 Å². The van der Waals surface area contributed by atoms with Crippen LogP contribution in [-0.4, -0.2) is 4.57 Å². The lowest BCUT2D eigenvalue weighted by molar-refractivity contribution is 0.670. The minimum atomic E-state index is 0.908. The molecule has 0 aliphatic carbocycles. The van der Waals surface area contributed by atoms with Crippen molar-refractivity contribution < 1.29 is 4.42 Å². The van der Waals surface area contributed by atoms with Crippen LogP contribution in [0, 0.1) is 0 Å². The van der Waals surface area contributed by atoms with Crippen molar-refractivity contribution in [3.63, 3.8) is 0 Å². The zero-order chi connectivity index (χ0) is 36.3. The molecular weight excluding hydrogens is 669 g/mol. The first-order chi connectivity index (χ1) is 27.3. The predicted octanol–water partition coefficient (Wildman–Crippen LogP) is 14.6. The van der Waals surface area contributed by atoms with Crippen molar-refractivity contribution in [3.05, 3.63) is 206 Å². The molecule has 0 fully saturated rings. The van der Waals surface area contributed by atoms with E-state index in [-0.39, 0.29) is 0 Å². The van der Waals surface area contributed by atoms with Crippen LogP contribution >= 0.6 is 0 Å². The van der Waals surface area contributed by atoms with Gasteiger partial charge in [-0.1, -0.05) is 140 Å². The van der Waals surface area contributed by atoms with Crippen LogP contribution < -0.4 is 4.90 Å². The van der Waals surface area contributed by atoms with Gasteiger partial charge in [0.1, 0.15) is 11.2 Å². The van der Waals surface area contributed by atoms with Gasteiger partial charge < -0.3 is 13.9 Å². The van der Waals surface area contributed by atoms with Crippen molar-refractivity contribution in [3.8, 4) is 27.9 Å².